The molecule has 7 heteroatoms. The number of nitrogens with zero attached hydrogens (tertiary/aromatic N) is 3. The van der Waals surface area contributed by atoms with Crippen molar-refractivity contribution in [1.82, 2.24) is 14.8 Å². The minimum Gasteiger partial charge on any atom is -0.478 e. The number of hydrogen-bond acceptors (Lipinski definition) is 5. The average Bonchev–Trinajstić information content (AvgIpc) is 2.67. The highest BCUT2D eigenvalue weighted by molar-refractivity contribution is 7.99. The van der Waals surface area contributed by atoms with Gasteiger partial charge in [-0.3, -0.25) is 0 Å². The summed E-state index contributed by atoms with van der Waals surface area (Å²) in [4.78, 5) is 11.5. The number of carboxylic acids is 1. The van der Waals surface area contributed by atoms with E-state index < -0.39 is 5.97 Å². The fourth-order valence-corrected chi connectivity index (χ4v) is 2.07. The Morgan fingerprint density at radius 3 is 2.88 bits per heavy atom. The highest BCUT2D eigenvalue weighted by Gasteiger charge is 2.10. The topological polar surface area (TPSA) is 94.0 Å². The molecule has 3 N–H and O–H groups in total. The second-order valence-electron chi connectivity index (χ2n) is 3.38. The summed E-state index contributed by atoms with van der Waals surface area (Å²) in [7, 11) is 1.81. The zero-order valence-corrected chi connectivity index (χ0v) is 9.81. The molecule has 2 aromatic rings. The van der Waals surface area contributed by atoms with Crippen LogP contribution in [0.15, 0.2) is 34.6 Å². The molecule has 2 rings (SSSR count). The van der Waals surface area contributed by atoms with Gasteiger partial charge >= 0.3 is 5.97 Å². The fourth-order valence-electron chi connectivity index (χ4n) is 1.22. The van der Waals surface area contributed by atoms with Crippen LogP contribution in [0, 0.1) is 0 Å². The standard InChI is InChI=1S/C10H10N4O2S/c1-14-5-12-13-10(14)17-8-4-6(9(15)16)2-3-7(8)11/h2-5H,11H2,1H3,(H,15,16). The highest BCUT2D eigenvalue weighted by Crippen LogP contribution is 2.31. The van der Waals surface area contributed by atoms with Crippen molar-refractivity contribution in [2.24, 2.45) is 7.05 Å². The number of hydrogen-bond donors (Lipinski definition) is 2. The first-order valence-electron chi connectivity index (χ1n) is 4.72. The number of aryl methyl sites for hydroxylation is 1. The van der Waals surface area contributed by atoms with E-state index in [1.165, 1.54) is 23.9 Å². The van der Waals surface area contributed by atoms with Crippen LogP contribution in [0.4, 0.5) is 5.69 Å². The van der Waals surface area contributed by atoms with Crippen LogP contribution >= 0.6 is 11.8 Å². The summed E-state index contributed by atoms with van der Waals surface area (Å²) < 4.78 is 1.73. The molecule has 0 spiro atoms. The maximum Gasteiger partial charge on any atom is 0.335 e. The Hall–Kier alpha value is -2.02. The Labute approximate surface area is 101 Å². The lowest BCUT2D eigenvalue weighted by molar-refractivity contribution is 0.0696. The van der Waals surface area contributed by atoms with Crippen LogP contribution in [-0.2, 0) is 7.05 Å². The van der Waals surface area contributed by atoms with Gasteiger partial charge in [-0.05, 0) is 30.0 Å². The van der Waals surface area contributed by atoms with E-state index in [1.807, 2.05) is 0 Å². The quantitative estimate of drug-likeness (QED) is 0.796. The Kier molecular flexibility index (Phi) is 3.01. The zero-order valence-electron chi connectivity index (χ0n) is 8.99. The third-order valence-electron chi connectivity index (χ3n) is 2.13. The van der Waals surface area contributed by atoms with Gasteiger partial charge in [-0.1, -0.05) is 0 Å². The Bertz CT molecular complexity index is 567. The molecule has 1 heterocycles. The van der Waals surface area contributed by atoms with Crippen molar-refractivity contribution < 1.29 is 9.90 Å². The van der Waals surface area contributed by atoms with E-state index >= 15 is 0 Å². The number of aromatic nitrogens is 3. The van der Waals surface area contributed by atoms with Gasteiger partial charge in [0.2, 0.25) is 0 Å². The SMILES string of the molecule is Cn1cnnc1Sc1cc(C(=O)O)ccc1N. The first-order valence-corrected chi connectivity index (χ1v) is 5.54. The van der Waals surface area contributed by atoms with Gasteiger partial charge in [-0.15, -0.1) is 10.2 Å². The van der Waals surface area contributed by atoms with Crippen LogP contribution in [0.25, 0.3) is 0 Å². The molecule has 0 radical (unpaired) electrons. The number of nitrogen functional groups attached to an aromatic ring is 1. The molecule has 0 fully saturated rings. The van der Waals surface area contributed by atoms with Crippen molar-refractivity contribution in [2.75, 3.05) is 5.73 Å². The third-order valence-corrected chi connectivity index (χ3v) is 3.26. The van der Waals surface area contributed by atoms with Gasteiger partial charge in [0.05, 0.1) is 5.56 Å². The number of anilines is 1. The van der Waals surface area contributed by atoms with Gasteiger partial charge in [0, 0.05) is 17.6 Å². The van der Waals surface area contributed by atoms with Crippen molar-refractivity contribution >= 4 is 23.4 Å². The van der Waals surface area contributed by atoms with Gasteiger partial charge in [0.15, 0.2) is 5.16 Å². The van der Waals surface area contributed by atoms with Crippen molar-refractivity contribution in [3.8, 4) is 0 Å². The summed E-state index contributed by atoms with van der Waals surface area (Å²) in [5, 5.41) is 17.2. The van der Waals surface area contributed by atoms with Gasteiger partial charge in [-0.25, -0.2) is 4.79 Å². The lowest BCUT2D eigenvalue weighted by Gasteiger charge is -2.05. The smallest absolute Gasteiger partial charge is 0.335 e. The number of carbonyl (C=O) groups is 1. The largest absolute Gasteiger partial charge is 0.478 e. The zero-order chi connectivity index (χ0) is 12.4. The molecular weight excluding hydrogens is 240 g/mol. The maximum atomic E-state index is 10.9. The minimum atomic E-state index is -0.982. The summed E-state index contributed by atoms with van der Waals surface area (Å²) in [6.45, 7) is 0. The van der Waals surface area contributed by atoms with E-state index in [-0.39, 0.29) is 5.56 Å². The first-order chi connectivity index (χ1) is 8.08. The summed E-state index contributed by atoms with van der Waals surface area (Å²) in [6, 6.07) is 4.57. The molecule has 6 nitrogen and oxygen atoms in total. The lowest BCUT2D eigenvalue weighted by Crippen LogP contribution is -1.99. The summed E-state index contributed by atoms with van der Waals surface area (Å²) in [5.74, 6) is -0.982. The molecule has 0 saturated carbocycles. The molecule has 0 aliphatic rings. The number of carboxylic acid groups (broad SMARTS) is 1. The van der Waals surface area contributed by atoms with Crippen molar-refractivity contribution in [3.05, 3.63) is 30.1 Å². The Balaban J connectivity index is 2.35. The van der Waals surface area contributed by atoms with Crippen LogP contribution in [0.2, 0.25) is 0 Å². The monoisotopic (exact) mass is 250 g/mol. The Morgan fingerprint density at radius 1 is 1.53 bits per heavy atom. The molecule has 17 heavy (non-hydrogen) atoms. The predicted octanol–water partition coefficient (Wildman–Crippen LogP) is 1.25. The molecular formula is C10H10N4O2S. The first kappa shape index (κ1) is 11.5. The highest BCUT2D eigenvalue weighted by atomic mass is 32.2. The third kappa shape index (κ3) is 2.39. The number of rotatable bonds is 3. The average molecular weight is 250 g/mol. The van der Waals surface area contributed by atoms with E-state index in [0.29, 0.717) is 15.7 Å². The molecule has 0 amide bonds. The van der Waals surface area contributed by atoms with E-state index in [1.54, 1.807) is 24.0 Å². The Morgan fingerprint density at radius 2 is 2.29 bits per heavy atom. The van der Waals surface area contributed by atoms with Crippen LogP contribution in [0.1, 0.15) is 10.4 Å². The van der Waals surface area contributed by atoms with E-state index in [2.05, 4.69) is 10.2 Å². The fraction of sp³-hybridized carbons (Fsp3) is 0.100. The molecule has 88 valence electrons. The molecule has 0 aliphatic heterocycles. The summed E-state index contributed by atoms with van der Waals surface area (Å²) in [5.41, 5.74) is 6.50. The van der Waals surface area contributed by atoms with Crippen molar-refractivity contribution in [2.45, 2.75) is 10.1 Å². The van der Waals surface area contributed by atoms with Crippen LogP contribution in [0.3, 0.4) is 0 Å². The molecule has 1 aromatic heterocycles. The second-order valence-corrected chi connectivity index (χ2v) is 4.39. The summed E-state index contributed by atoms with van der Waals surface area (Å²) >= 11 is 1.28. The predicted molar refractivity (Wildman–Crippen MR) is 62.9 cm³/mol. The lowest BCUT2D eigenvalue weighted by atomic mass is 10.2. The second kappa shape index (κ2) is 4.46. The van der Waals surface area contributed by atoms with Gasteiger partial charge in [-0.2, -0.15) is 0 Å². The number of aromatic carboxylic acids is 1. The number of benzene rings is 1. The molecule has 0 aliphatic carbocycles. The van der Waals surface area contributed by atoms with Crippen molar-refractivity contribution in [1.29, 1.82) is 0 Å². The molecule has 0 bridgehead atoms. The van der Waals surface area contributed by atoms with Gasteiger partial charge in [0.25, 0.3) is 0 Å². The van der Waals surface area contributed by atoms with Crippen LogP contribution in [-0.4, -0.2) is 25.8 Å². The molecule has 0 saturated heterocycles. The summed E-state index contributed by atoms with van der Waals surface area (Å²) in [6.07, 6.45) is 1.57. The van der Waals surface area contributed by atoms with Crippen molar-refractivity contribution in [3.63, 3.8) is 0 Å². The normalized spacial score (nSPS) is 10.4. The van der Waals surface area contributed by atoms with E-state index in [9.17, 15) is 4.79 Å². The van der Waals surface area contributed by atoms with Gasteiger partial charge < -0.3 is 15.4 Å². The van der Waals surface area contributed by atoms with Gasteiger partial charge in [0.1, 0.15) is 6.33 Å². The number of nitrogens with two attached hydrogens (primary N) is 1. The van der Waals surface area contributed by atoms with E-state index in [0.717, 1.165) is 0 Å². The molecule has 1 aromatic carbocycles. The van der Waals surface area contributed by atoms with Crippen LogP contribution < -0.4 is 5.73 Å². The van der Waals surface area contributed by atoms with Crippen LogP contribution in [0.5, 0.6) is 0 Å². The molecule has 0 unspecified atom stereocenters. The molecule has 0 atom stereocenters. The minimum absolute atomic E-state index is 0.198. The van der Waals surface area contributed by atoms with E-state index in [4.69, 9.17) is 10.8 Å². The maximum absolute atomic E-state index is 10.9.